The molecule has 0 aliphatic carbocycles. The van der Waals surface area contributed by atoms with E-state index in [1.54, 1.807) is 17.0 Å². The SMILES string of the molecule is CNCC1CCN(C(=O)CCc2ccccc2OC(F)(F)F)C1. The molecule has 1 aromatic rings. The van der Waals surface area contributed by atoms with Crippen LogP contribution in [0.15, 0.2) is 24.3 Å². The minimum absolute atomic E-state index is 0.0228. The fourth-order valence-corrected chi connectivity index (χ4v) is 2.85. The maximum absolute atomic E-state index is 12.4. The van der Waals surface area contributed by atoms with E-state index < -0.39 is 6.36 Å². The summed E-state index contributed by atoms with van der Waals surface area (Å²) >= 11 is 0. The van der Waals surface area contributed by atoms with Gasteiger partial charge in [-0.15, -0.1) is 13.2 Å². The Labute approximate surface area is 133 Å². The van der Waals surface area contributed by atoms with Crippen molar-refractivity contribution < 1.29 is 22.7 Å². The summed E-state index contributed by atoms with van der Waals surface area (Å²) in [6, 6.07) is 5.95. The topological polar surface area (TPSA) is 41.6 Å². The monoisotopic (exact) mass is 330 g/mol. The van der Waals surface area contributed by atoms with Crippen molar-refractivity contribution in [1.29, 1.82) is 0 Å². The van der Waals surface area contributed by atoms with Crippen LogP contribution in [0, 0.1) is 5.92 Å². The van der Waals surface area contributed by atoms with E-state index in [2.05, 4.69) is 10.1 Å². The molecule has 1 unspecified atom stereocenters. The van der Waals surface area contributed by atoms with Crippen molar-refractivity contribution in [3.8, 4) is 5.75 Å². The van der Waals surface area contributed by atoms with Crippen LogP contribution in [-0.2, 0) is 11.2 Å². The van der Waals surface area contributed by atoms with Gasteiger partial charge >= 0.3 is 6.36 Å². The number of nitrogens with zero attached hydrogens (tertiary/aromatic N) is 1. The van der Waals surface area contributed by atoms with E-state index in [1.807, 2.05) is 7.05 Å². The fraction of sp³-hybridized carbons (Fsp3) is 0.562. The second kappa shape index (κ2) is 7.68. The van der Waals surface area contributed by atoms with Crippen molar-refractivity contribution >= 4 is 5.91 Å². The Morgan fingerprint density at radius 2 is 2.13 bits per heavy atom. The number of aryl methyl sites for hydroxylation is 1. The first-order chi connectivity index (χ1) is 10.9. The lowest BCUT2D eigenvalue weighted by Gasteiger charge is -2.17. The molecule has 0 aromatic heterocycles. The minimum atomic E-state index is -4.73. The Kier molecular flexibility index (Phi) is 5.87. The van der Waals surface area contributed by atoms with Crippen molar-refractivity contribution in [2.24, 2.45) is 5.92 Å². The first-order valence-corrected chi connectivity index (χ1v) is 7.65. The molecule has 1 aliphatic rings. The van der Waals surface area contributed by atoms with E-state index >= 15 is 0 Å². The second-order valence-corrected chi connectivity index (χ2v) is 5.71. The van der Waals surface area contributed by atoms with Crippen LogP contribution >= 0.6 is 0 Å². The van der Waals surface area contributed by atoms with E-state index in [9.17, 15) is 18.0 Å². The van der Waals surface area contributed by atoms with Crippen LogP contribution in [0.25, 0.3) is 0 Å². The van der Waals surface area contributed by atoms with Gasteiger partial charge in [0.1, 0.15) is 5.75 Å². The molecular weight excluding hydrogens is 309 g/mol. The van der Waals surface area contributed by atoms with Crippen LogP contribution in [0.4, 0.5) is 13.2 Å². The average Bonchev–Trinajstić information content (AvgIpc) is 2.93. The number of benzene rings is 1. The van der Waals surface area contributed by atoms with Crippen molar-refractivity contribution in [1.82, 2.24) is 10.2 Å². The van der Waals surface area contributed by atoms with Gasteiger partial charge in [-0.25, -0.2) is 0 Å². The molecular formula is C16H21F3N2O2. The van der Waals surface area contributed by atoms with E-state index in [1.165, 1.54) is 12.1 Å². The molecule has 1 fully saturated rings. The fourth-order valence-electron chi connectivity index (χ4n) is 2.85. The standard InChI is InChI=1S/C16H21F3N2O2/c1-20-10-12-8-9-21(11-12)15(22)7-6-13-4-2-3-5-14(13)23-16(17,18)19/h2-5,12,20H,6-11H2,1H3. The summed E-state index contributed by atoms with van der Waals surface area (Å²) in [4.78, 5) is 14.0. The number of hydrogen-bond donors (Lipinski definition) is 1. The van der Waals surface area contributed by atoms with E-state index in [-0.39, 0.29) is 24.5 Å². The predicted octanol–water partition coefficient (Wildman–Crippen LogP) is 2.59. The molecule has 7 heteroatoms. The number of alkyl halides is 3. The number of carbonyl (C=O) groups excluding carboxylic acids is 1. The lowest BCUT2D eigenvalue weighted by Crippen LogP contribution is -2.30. The summed E-state index contributed by atoms with van der Waals surface area (Å²) in [5.41, 5.74) is 0.393. The molecule has 128 valence electrons. The molecule has 1 aliphatic heterocycles. The number of halogens is 3. The van der Waals surface area contributed by atoms with Gasteiger partial charge in [0.25, 0.3) is 0 Å². The molecule has 1 N–H and O–H groups in total. The minimum Gasteiger partial charge on any atom is -0.406 e. The highest BCUT2D eigenvalue weighted by Gasteiger charge is 2.32. The highest BCUT2D eigenvalue weighted by molar-refractivity contribution is 5.76. The second-order valence-electron chi connectivity index (χ2n) is 5.71. The molecule has 0 bridgehead atoms. The van der Waals surface area contributed by atoms with Gasteiger partial charge in [-0.05, 0) is 44.0 Å². The van der Waals surface area contributed by atoms with E-state index in [0.29, 0.717) is 24.6 Å². The summed E-state index contributed by atoms with van der Waals surface area (Å²) < 4.78 is 41.1. The smallest absolute Gasteiger partial charge is 0.406 e. The van der Waals surface area contributed by atoms with Gasteiger partial charge < -0.3 is 15.0 Å². The number of amides is 1. The normalized spacial score (nSPS) is 18.3. The third-order valence-electron chi connectivity index (χ3n) is 3.94. The first kappa shape index (κ1) is 17.6. The van der Waals surface area contributed by atoms with Gasteiger partial charge in [0.2, 0.25) is 5.91 Å². The summed E-state index contributed by atoms with van der Waals surface area (Å²) in [6.45, 7) is 2.29. The van der Waals surface area contributed by atoms with Crippen molar-refractivity contribution in [2.45, 2.75) is 25.6 Å². The van der Waals surface area contributed by atoms with Gasteiger partial charge in [-0.2, -0.15) is 0 Å². The number of nitrogens with one attached hydrogen (secondary N) is 1. The van der Waals surface area contributed by atoms with E-state index in [4.69, 9.17) is 0 Å². The number of hydrogen-bond acceptors (Lipinski definition) is 3. The van der Waals surface area contributed by atoms with Crippen molar-refractivity contribution in [3.63, 3.8) is 0 Å². The Bertz CT molecular complexity index is 534. The molecule has 0 spiro atoms. The molecule has 0 saturated carbocycles. The van der Waals surface area contributed by atoms with E-state index in [0.717, 1.165) is 13.0 Å². The number of rotatable bonds is 6. The zero-order valence-electron chi connectivity index (χ0n) is 13.0. The van der Waals surface area contributed by atoms with Crippen LogP contribution in [-0.4, -0.2) is 43.9 Å². The molecule has 1 heterocycles. The summed E-state index contributed by atoms with van der Waals surface area (Å²) in [5.74, 6) is 0.192. The third-order valence-corrected chi connectivity index (χ3v) is 3.94. The number of ether oxygens (including phenoxy) is 1. The van der Waals surface area contributed by atoms with Crippen molar-refractivity contribution in [3.05, 3.63) is 29.8 Å². The van der Waals surface area contributed by atoms with Gasteiger partial charge in [0.15, 0.2) is 0 Å². The average molecular weight is 330 g/mol. The summed E-state index contributed by atoms with van der Waals surface area (Å²) in [7, 11) is 1.88. The maximum Gasteiger partial charge on any atom is 0.573 e. The Hall–Kier alpha value is -1.76. The first-order valence-electron chi connectivity index (χ1n) is 7.65. The highest BCUT2D eigenvalue weighted by Crippen LogP contribution is 2.27. The lowest BCUT2D eigenvalue weighted by atomic mass is 10.1. The van der Waals surface area contributed by atoms with Crippen LogP contribution < -0.4 is 10.1 Å². The molecule has 1 atom stereocenters. The molecule has 1 amide bonds. The number of likely N-dealkylation sites (tertiary alicyclic amines) is 1. The molecule has 1 saturated heterocycles. The summed E-state index contributed by atoms with van der Waals surface area (Å²) in [5, 5.41) is 3.10. The van der Waals surface area contributed by atoms with Crippen LogP contribution in [0.2, 0.25) is 0 Å². The Morgan fingerprint density at radius 3 is 2.83 bits per heavy atom. The van der Waals surface area contributed by atoms with Gasteiger partial charge in [-0.3, -0.25) is 4.79 Å². The molecule has 4 nitrogen and oxygen atoms in total. The van der Waals surface area contributed by atoms with Crippen LogP contribution in [0.1, 0.15) is 18.4 Å². The number of carbonyl (C=O) groups is 1. The van der Waals surface area contributed by atoms with Crippen LogP contribution in [0.3, 0.4) is 0 Å². The molecule has 2 rings (SSSR count). The van der Waals surface area contributed by atoms with Crippen LogP contribution in [0.5, 0.6) is 5.75 Å². The summed E-state index contributed by atoms with van der Waals surface area (Å²) in [6.07, 6.45) is -3.35. The zero-order valence-corrected chi connectivity index (χ0v) is 13.0. The van der Waals surface area contributed by atoms with Gasteiger partial charge in [-0.1, -0.05) is 18.2 Å². The quantitative estimate of drug-likeness (QED) is 0.872. The maximum atomic E-state index is 12.4. The Balaban J connectivity index is 1.90. The molecule has 0 radical (unpaired) electrons. The van der Waals surface area contributed by atoms with Gasteiger partial charge in [0, 0.05) is 19.5 Å². The third kappa shape index (κ3) is 5.42. The largest absolute Gasteiger partial charge is 0.573 e. The molecule has 1 aromatic carbocycles. The zero-order chi connectivity index (χ0) is 16.9. The molecule has 23 heavy (non-hydrogen) atoms. The number of para-hydroxylation sites is 1. The predicted molar refractivity (Wildman–Crippen MR) is 80.1 cm³/mol. The van der Waals surface area contributed by atoms with Gasteiger partial charge in [0.05, 0.1) is 0 Å². The Morgan fingerprint density at radius 1 is 1.39 bits per heavy atom. The highest BCUT2D eigenvalue weighted by atomic mass is 19.4. The van der Waals surface area contributed by atoms with Crippen molar-refractivity contribution in [2.75, 3.05) is 26.7 Å². The lowest BCUT2D eigenvalue weighted by molar-refractivity contribution is -0.274.